The van der Waals surface area contributed by atoms with E-state index in [4.69, 9.17) is 7.16 Å². The van der Waals surface area contributed by atoms with Crippen LogP contribution in [0.2, 0.25) is 0 Å². The van der Waals surface area contributed by atoms with Gasteiger partial charge in [-0.2, -0.15) is 0 Å². The predicted molar refractivity (Wildman–Crippen MR) is 190 cm³/mol. The van der Waals surface area contributed by atoms with E-state index in [2.05, 4.69) is 0 Å². The molecule has 0 bridgehead atoms. The molecule has 0 atom stereocenters. The van der Waals surface area contributed by atoms with Crippen LogP contribution in [0.3, 0.4) is 0 Å². The second-order valence-corrected chi connectivity index (χ2v) is 10.8. The maximum absolute atomic E-state index is 9.92. The fourth-order valence-electron chi connectivity index (χ4n) is 6.16. The molecule has 0 aliphatic heterocycles. The van der Waals surface area contributed by atoms with E-state index in [0.717, 1.165) is 0 Å². The molecule has 0 saturated heterocycles. The summed E-state index contributed by atoms with van der Waals surface area (Å²) < 4.78 is 109. The van der Waals surface area contributed by atoms with Crippen LogP contribution in [0.5, 0.6) is 0 Å². The van der Waals surface area contributed by atoms with E-state index in [-0.39, 0.29) is 79.6 Å². The maximum atomic E-state index is 9.92. The minimum absolute atomic E-state index is 0.00556. The summed E-state index contributed by atoms with van der Waals surface area (Å²) in [5.74, 6) is 0. The zero-order valence-electron chi connectivity index (χ0n) is 34.7. The lowest BCUT2D eigenvalue weighted by molar-refractivity contribution is 0.669. The molecule has 1 heterocycles. The quantitative estimate of drug-likeness (QED) is 0.188. The Bertz CT molecular complexity index is 3110. The Morgan fingerprint density at radius 3 is 1.71 bits per heavy atom. The molecule has 0 radical (unpaired) electrons. The summed E-state index contributed by atoms with van der Waals surface area (Å²) >= 11 is 0. The van der Waals surface area contributed by atoms with Gasteiger partial charge in [-0.25, -0.2) is 0 Å². The lowest BCUT2D eigenvalue weighted by Gasteiger charge is -2.19. The van der Waals surface area contributed by atoms with Crippen LogP contribution in [0.25, 0.3) is 88.0 Å². The normalized spacial score (nSPS) is 15.0. The topological polar surface area (TPSA) is 13.1 Å². The van der Waals surface area contributed by atoms with Gasteiger partial charge in [0, 0.05) is 10.8 Å². The molecule has 0 N–H and O–H groups in total. The van der Waals surface area contributed by atoms with E-state index in [1.807, 2.05) is 18.2 Å². The van der Waals surface area contributed by atoms with Gasteiger partial charge in [0.1, 0.15) is 11.2 Å². The van der Waals surface area contributed by atoms with Crippen LogP contribution in [-0.2, 0) is 0 Å². The first-order valence-electron chi connectivity index (χ1n) is 20.1. The molecule has 0 amide bonds. The molecule has 0 fully saturated rings. The van der Waals surface area contributed by atoms with Crippen LogP contribution in [-0.4, -0.2) is 0 Å². The molecule has 8 aromatic carbocycles. The minimum atomic E-state index is -0.602. The van der Waals surface area contributed by atoms with Crippen molar-refractivity contribution in [3.8, 4) is 44.5 Å². The van der Waals surface area contributed by atoms with Crippen LogP contribution in [0, 0.1) is 0 Å². The summed E-state index contributed by atoms with van der Waals surface area (Å²) in [6.45, 7) is 0. The van der Waals surface area contributed by atoms with Crippen molar-refractivity contribution in [3.63, 3.8) is 0 Å². The van der Waals surface area contributed by atoms with E-state index < -0.39 is 36.3 Å². The van der Waals surface area contributed by atoms with E-state index >= 15 is 0 Å². The number of rotatable bonds is 4. The Hall–Kier alpha value is -5.92. The van der Waals surface area contributed by atoms with E-state index in [1.165, 1.54) is 0 Å². The first-order chi connectivity index (χ1) is 26.9. The number of hydrogen-bond acceptors (Lipinski definition) is 1. The molecule has 45 heavy (non-hydrogen) atoms. The first kappa shape index (κ1) is 16.8. The van der Waals surface area contributed by atoms with Crippen LogP contribution >= 0.6 is 0 Å². The number of benzene rings is 8. The largest absolute Gasteiger partial charge is 0.456 e. The summed E-state index contributed by atoms with van der Waals surface area (Å²) in [6.07, 6.45) is 0. The monoisotopic (exact) mass is 583 g/mol. The maximum Gasteiger partial charge on any atom is 0.136 e. The lowest BCUT2D eigenvalue weighted by Crippen LogP contribution is -1.92. The predicted octanol–water partition coefficient (Wildman–Crippen LogP) is 12.6. The molecule has 0 aliphatic rings. The second-order valence-electron chi connectivity index (χ2n) is 10.8. The molecule has 0 unspecified atom stereocenters. The molecular formula is C44H28O. The van der Waals surface area contributed by atoms with Gasteiger partial charge >= 0.3 is 0 Å². The third kappa shape index (κ3) is 4.17. The van der Waals surface area contributed by atoms with Gasteiger partial charge in [-0.3, -0.25) is 0 Å². The van der Waals surface area contributed by atoms with Crippen molar-refractivity contribution in [2.24, 2.45) is 0 Å². The van der Waals surface area contributed by atoms with Crippen LogP contribution in [0.1, 0.15) is 15.1 Å². The number of para-hydroxylation sites is 1. The van der Waals surface area contributed by atoms with Crippen molar-refractivity contribution in [2.75, 3.05) is 0 Å². The highest BCUT2D eigenvalue weighted by atomic mass is 16.3. The Balaban J connectivity index is 1.61. The third-order valence-electron chi connectivity index (χ3n) is 8.17. The van der Waals surface area contributed by atoms with Crippen LogP contribution in [0.4, 0.5) is 0 Å². The SMILES string of the molecule is [2H]c1c([2H])c(-c2c3c([2H])c([2H])c([2H])c([2H])c3c(-c3cccc4oc5ccccc5c34)c3c([2H])c([2H])c(-c4ccccc4)c([2H])c23)c([2H])c([2H])c1-c1ccccc1. The number of fused-ring (bicyclic) bond motifs is 5. The fraction of sp³-hybridized carbons (Fsp3) is 0. The van der Waals surface area contributed by atoms with Crippen molar-refractivity contribution in [2.45, 2.75) is 0 Å². The Morgan fingerprint density at radius 1 is 0.378 bits per heavy atom. The van der Waals surface area contributed by atoms with Gasteiger partial charge in [0.25, 0.3) is 0 Å². The molecule has 9 rings (SSSR count). The number of furan rings is 1. The molecule has 0 saturated carbocycles. The fourth-order valence-corrected chi connectivity index (χ4v) is 6.16. The Morgan fingerprint density at radius 2 is 0.956 bits per heavy atom. The van der Waals surface area contributed by atoms with E-state index in [0.29, 0.717) is 38.6 Å². The van der Waals surface area contributed by atoms with Crippen molar-refractivity contribution in [3.05, 3.63) is 170 Å². The summed E-state index contributed by atoms with van der Waals surface area (Å²) in [5, 5.41) is 1.04. The van der Waals surface area contributed by atoms with Crippen LogP contribution < -0.4 is 0 Å². The van der Waals surface area contributed by atoms with Gasteiger partial charge in [-0.1, -0.05) is 151 Å². The highest BCUT2D eigenvalue weighted by molar-refractivity contribution is 6.26. The molecule has 9 aromatic rings. The highest BCUT2D eigenvalue weighted by Gasteiger charge is 2.20. The van der Waals surface area contributed by atoms with Gasteiger partial charge in [-0.15, -0.1) is 0 Å². The second kappa shape index (κ2) is 10.4. The summed E-state index contributed by atoms with van der Waals surface area (Å²) in [6, 6.07) is 25.0. The van der Waals surface area contributed by atoms with Gasteiger partial charge in [0.2, 0.25) is 0 Å². The van der Waals surface area contributed by atoms with Gasteiger partial charge in [0.05, 0.1) is 15.1 Å². The zero-order chi connectivity index (χ0) is 39.3. The average Bonchev–Trinajstić information content (AvgIpc) is 3.60. The van der Waals surface area contributed by atoms with Gasteiger partial charge < -0.3 is 4.42 Å². The summed E-state index contributed by atoms with van der Waals surface area (Å²) in [5.41, 5.74) is 2.18. The van der Waals surface area contributed by atoms with Crippen molar-refractivity contribution in [1.29, 1.82) is 0 Å². The zero-order valence-corrected chi connectivity index (χ0v) is 23.7. The van der Waals surface area contributed by atoms with Gasteiger partial charge in [0.15, 0.2) is 0 Å². The summed E-state index contributed by atoms with van der Waals surface area (Å²) in [4.78, 5) is 0. The lowest BCUT2D eigenvalue weighted by atomic mass is 9.83. The van der Waals surface area contributed by atoms with Gasteiger partial charge in [-0.05, 0) is 84.2 Å². The molecule has 1 aromatic heterocycles. The average molecular weight is 584 g/mol. The molecular weight excluding hydrogens is 544 g/mol. The Labute approximate surface area is 277 Å². The van der Waals surface area contributed by atoms with Crippen LogP contribution in [0.15, 0.2) is 174 Å². The Kier molecular flexibility index (Phi) is 3.87. The first-order valence-corrected chi connectivity index (χ1v) is 14.6. The third-order valence-corrected chi connectivity index (χ3v) is 8.17. The summed E-state index contributed by atoms with van der Waals surface area (Å²) in [7, 11) is 0. The van der Waals surface area contributed by atoms with E-state index in [9.17, 15) is 12.3 Å². The molecule has 0 spiro atoms. The molecule has 210 valence electrons. The molecule has 0 aliphatic carbocycles. The van der Waals surface area contributed by atoms with Crippen molar-refractivity contribution < 1.29 is 19.5 Å². The standard InChI is InChI=1S/C44H28O/c1-3-12-29(13-4-1)31-22-24-32(25-23-31)42-34-16-7-8-17-35(34)43(36-27-26-33(28-39(36)42)30-14-5-2-6-15-30)38-19-11-21-41-44(38)37-18-9-10-20-40(37)45-41/h1-28H/i7D,8D,16D,17D,22D,23D,24D,25D,26D,27D,28D. The van der Waals surface area contributed by atoms with Crippen molar-refractivity contribution >= 4 is 43.5 Å². The molecule has 1 heteroatoms. The minimum Gasteiger partial charge on any atom is -0.456 e. The smallest absolute Gasteiger partial charge is 0.136 e. The highest BCUT2D eigenvalue weighted by Crippen LogP contribution is 2.47. The number of hydrogen-bond donors (Lipinski definition) is 0. The van der Waals surface area contributed by atoms with Crippen molar-refractivity contribution in [1.82, 2.24) is 0 Å². The van der Waals surface area contributed by atoms with E-state index in [1.54, 1.807) is 84.9 Å². The molecule has 1 nitrogen and oxygen atoms in total.